The predicted octanol–water partition coefficient (Wildman–Crippen LogP) is 2.28. The molecule has 0 bridgehead atoms. The lowest BCUT2D eigenvalue weighted by molar-refractivity contribution is 0.299. The molecule has 0 heterocycles. The van der Waals surface area contributed by atoms with E-state index in [0.29, 0.717) is 17.2 Å². The first-order chi connectivity index (χ1) is 9.28. The van der Waals surface area contributed by atoms with Crippen LogP contribution in [0.3, 0.4) is 0 Å². The Balaban J connectivity index is 2.92. The predicted molar refractivity (Wildman–Crippen MR) is 81.1 cm³/mol. The van der Waals surface area contributed by atoms with Crippen LogP contribution in [0.5, 0.6) is 0 Å². The lowest BCUT2D eigenvalue weighted by atomic mass is 10.1. The van der Waals surface area contributed by atoms with E-state index in [2.05, 4.69) is 13.8 Å². The van der Waals surface area contributed by atoms with Crippen LogP contribution in [0.2, 0.25) is 0 Å². The van der Waals surface area contributed by atoms with Gasteiger partial charge in [-0.2, -0.15) is 4.31 Å². The van der Waals surface area contributed by atoms with Crippen molar-refractivity contribution in [1.29, 1.82) is 0 Å². The van der Waals surface area contributed by atoms with E-state index in [1.807, 2.05) is 6.92 Å². The van der Waals surface area contributed by atoms with Gasteiger partial charge in [-0.25, -0.2) is 8.42 Å². The number of benzene rings is 1. The molecule has 5 heteroatoms. The van der Waals surface area contributed by atoms with Gasteiger partial charge in [-0.3, -0.25) is 0 Å². The first kappa shape index (κ1) is 17.1. The van der Waals surface area contributed by atoms with Crippen molar-refractivity contribution in [3.8, 4) is 0 Å². The number of nitrogens with zero attached hydrogens (tertiary/aromatic N) is 1. The second-order valence-electron chi connectivity index (χ2n) is 5.62. The maximum absolute atomic E-state index is 12.5. The quantitative estimate of drug-likeness (QED) is 0.840. The zero-order chi connectivity index (χ0) is 15.3. The fourth-order valence-corrected chi connectivity index (χ4v) is 3.56. The van der Waals surface area contributed by atoms with Crippen molar-refractivity contribution in [3.05, 3.63) is 29.8 Å². The average Bonchev–Trinajstić information content (AvgIpc) is 2.38. The summed E-state index contributed by atoms with van der Waals surface area (Å²) in [6.45, 7) is 6.16. The second kappa shape index (κ2) is 7.20. The first-order valence-electron chi connectivity index (χ1n) is 6.97. The van der Waals surface area contributed by atoms with E-state index >= 15 is 0 Å². The monoisotopic (exact) mass is 299 g/mol. The molecule has 0 aliphatic rings. The van der Waals surface area contributed by atoms with E-state index in [-0.39, 0.29) is 12.6 Å². The van der Waals surface area contributed by atoms with Gasteiger partial charge < -0.3 is 5.11 Å². The van der Waals surface area contributed by atoms with Gasteiger partial charge >= 0.3 is 0 Å². The summed E-state index contributed by atoms with van der Waals surface area (Å²) in [7, 11) is -1.82. The number of hydrogen-bond acceptors (Lipinski definition) is 3. The summed E-state index contributed by atoms with van der Waals surface area (Å²) in [5.74, 6) is 0.453. The normalized spacial score (nSPS) is 13.9. The van der Waals surface area contributed by atoms with Crippen molar-refractivity contribution < 1.29 is 13.5 Å². The number of aliphatic hydroxyl groups excluding tert-OH is 1. The van der Waals surface area contributed by atoms with E-state index in [1.54, 1.807) is 31.3 Å². The van der Waals surface area contributed by atoms with Crippen LogP contribution >= 0.6 is 0 Å². The molecule has 1 aromatic rings. The molecular weight excluding hydrogens is 274 g/mol. The van der Waals surface area contributed by atoms with Crippen LogP contribution in [0.4, 0.5) is 0 Å². The van der Waals surface area contributed by atoms with Gasteiger partial charge in [0, 0.05) is 19.7 Å². The Morgan fingerprint density at radius 2 is 1.70 bits per heavy atom. The van der Waals surface area contributed by atoms with Crippen LogP contribution in [0.1, 0.15) is 32.8 Å². The lowest BCUT2D eigenvalue weighted by Crippen LogP contribution is -2.35. The minimum Gasteiger partial charge on any atom is -0.396 e. The summed E-state index contributed by atoms with van der Waals surface area (Å²) < 4.78 is 26.4. The zero-order valence-corrected chi connectivity index (χ0v) is 13.5. The highest BCUT2D eigenvalue weighted by Crippen LogP contribution is 2.20. The molecule has 1 atom stereocenters. The van der Waals surface area contributed by atoms with Gasteiger partial charge in [0.25, 0.3) is 0 Å². The van der Waals surface area contributed by atoms with Gasteiger partial charge in [0.2, 0.25) is 10.0 Å². The van der Waals surface area contributed by atoms with Crippen molar-refractivity contribution in [3.63, 3.8) is 0 Å². The summed E-state index contributed by atoms with van der Waals surface area (Å²) in [6, 6.07) is 6.70. The molecule has 0 saturated heterocycles. The molecule has 0 aromatic heterocycles. The molecule has 0 spiro atoms. The van der Waals surface area contributed by atoms with E-state index in [9.17, 15) is 8.42 Å². The molecule has 1 unspecified atom stereocenters. The molecule has 0 aliphatic heterocycles. The van der Waals surface area contributed by atoms with E-state index in [4.69, 9.17) is 5.11 Å². The Bertz CT molecular complexity index is 508. The van der Waals surface area contributed by atoms with Crippen LogP contribution in [0, 0.1) is 5.92 Å². The molecule has 1 N–H and O–H groups in total. The molecule has 0 amide bonds. The van der Waals surface area contributed by atoms with Crippen molar-refractivity contribution in [2.24, 2.45) is 5.92 Å². The second-order valence-corrected chi connectivity index (χ2v) is 7.61. The van der Waals surface area contributed by atoms with Crippen LogP contribution in [-0.4, -0.2) is 37.5 Å². The average molecular weight is 299 g/mol. The van der Waals surface area contributed by atoms with Crippen LogP contribution in [0.15, 0.2) is 29.2 Å². The molecule has 20 heavy (non-hydrogen) atoms. The molecule has 1 rings (SSSR count). The Morgan fingerprint density at radius 1 is 1.15 bits per heavy atom. The van der Waals surface area contributed by atoms with E-state index in [0.717, 1.165) is 12.0 Å². The maximum atomic E-state index is 12.5. The molecule has 0 saturated carbocycles. The summed E-state index contributed by atoms with van der Waals surface area (Å²) in [6.07, 6.45) is 1.37. The third-order valence-corrected chi connectivity index (χ3v) is 5.42. The Hall–Kier alpha value is -0.910. The Morgan fingerprint density at radius 3 is 2.15 bits per heavy atom. The minimum absolute atomic E-state index is 0.0304. The third-order valence-electron chi connectivity index (χ3n) is 3.43. The highest BCUT2D eigenvalue weighted by Gasteiger charge is 2.25. The summed E-state index contributed by atoms with van der Waals surface area (Å²) in [4.78, 5) is 0.303. The number of hydrogen-bond donors (Lipinski definition) is 1. The number of aliphatic hydroxyl groups is 1. The summed E-state index contributed by atoms with van der Waals surface area (Å²) in [5, 5.41) is 8.87. The number of sulfonamides is 1. The Labute approximate surface area is 122 Å². The van der Waals surface area contributed by atoms with Crippen LogP contribution < -0.4 is 0 Å². The van der Waals surface area contributed by atoms with Gasteiger partial charge in [-0.05, 0) is 43.4 Å². The van der Waals surface area contributed by atoms with Gasteiger partial charge in [0.1, 0.15) is 0 Å². The molecule has 1 aromatic carbocycles. The smallest absolute Gasteiger partial charge is 0.243 e. The van der Waals surface area contributed by atoms with Crippen LogP contribution in [-0.2, 0) is 16.4 Å². The van der Waals surface area contributed by atoms with Crippen molar-refractivity contribution in [2.75, 3.05) is 13.7 Å². The van der Waals surface area contributed by atoms with Gasteiger partial charge in [-0.1, -0.05) is 26.0 Å². The summed E-state index contributed by atoms with van der Waals surface area (Å²) >= 11 is 0. The highest BCUT2D eigenvalue weighted by molar-refractivity contribution is 7.89. The fraction of sp³-hybridized carbons (Fsp3) is 0.600. The molecular formula is C15H25NO3S. The lowest BCUT2D eigenvalue weighted by Gasteiger charge is -2.25. The SMILES string of the molecule is CC(C)CC(C)N(C)S(=O)(=O)c1ccc(CCO)cc1. The van der Waals surface area contributed by atoms with Gasteiger partial charge in [0.15, 0.2) is 0 Å². The first-order valence-corrected chi connectivity index (χ1v) is 8.41. The zero-order valence-electron chi connectivity index (χ0n) is 12.7. The fourth-order valence-electron chi connectivity index (χ4n) is 2.19. The molecule has 0 fully saturated rings. The third kappa shape index (κ3) is 4.30. The van der Waals surface area contributed by atoms with Crippen molar-refractivity contribution >= 4 is 10.0 Å². The largest absolute Gasteiger partial charge is 0.396 e. The molecule has 0 radical (unpaired) electrons. The maximum Gasteiger partial charge on any atom is 0.243 e. The standard InChI is InChI=1S/C15H25NO3S/c1-12(2)11-13(3)16(4)20(18,19)15-7-5-14(6-8-15)9-10-17/h5-8,12-13,17H,9-11H2,1-4H3. The van der Waals surface area contributed by atoms with E-state index < -0.39 is 10.0 Å². The van der Waals surface area contributed by atoms with Gasteiger partial charge in [-0.15, -0.1) is 0 Å². The van der Waals surface area contributed by atoms with E-state index in [1.165, 1.54) is 4.31 Å². The highest BCUT2D eigenvalue weighted by atomic mass is 32.2. The van der Waals surface area contributed by atoms with Crippen LogP contribution in [0.25, 0.3) is 0 Å². The van der Waals surface area contributed by atoms with Crippen molar-refractivity contribution in [1.82, 2.24) is 4.31 Å². The van der Waals surface area contributed by atoms with Gasteiger partial charge in [0.05, 0.1) is 4.90 Å². The number of rotatable bonds is 7. The minimum atomic E-state index is -3.44. The molecule has 114 valence electrons. The Kier molecular flexibility index (Phi) is 6.17. The van der Waals surface area contributed by atoms with Crippen molar-refractivity contribution in [2.45, 2.75) is 44.6 Å². The summed E-state index contributed by atoms with van der Waals surface area (Å²) in [5.41, 5.74) is 0.935. The molecule has 4 nitrogen and oxygen atoms in total. The topological polar surface area (TPSA) is 57.6 Å². The molecule has 0 aliphatic carbocycles.